The van der Waals surface area contributed by atoms with Gasteiger partial charge in [0.05, 0.1) is 5.60 Å². The van der Waals surface area contributed by atoms with E-state index < -0.39 is 11.4 Å². The summed E-state index contributed by atoms with van der Waals surface area (Å²) in [6, 6.07) is 9.70. The number of hydrogen-bond acceptors (Lipinski definition) is 3. The fourth-order valence-electron chi connectivity index (χ4n) is 1.96. The molecular weight excluding hydrogens is 231 g/mol. The second kappa shape index (κ2) is 4.74. The summed E-state index contributed by atoms with van der Waals surface area (Å²) in [5.74, 6) is -0.0703. The Kier molecular flexibility index (Phi) is 3.30. The van der Waals surface area contributed by atoms with Crippen molar-refractivity contribution in [2.75, 3.05) is 5.73 Å². The Labute approximate surface area is 105 Å². The van der Waals surface area contributed by atoms with Crippen LogP contribution in [0.1, 0.15) is 18.1 Å². The van der Waals surface area contributed by atoms with Crippen LogP contribution >= 0.6 is 0 Å². The molecule has 3 nitrogen and oxygen atoms in total. The minimum Gasteiger partial charge on any atom is -0.385 e. The molecule has 4 heteroatoms. The van der Waals surface area contributed by atoms with Gasteiger partial charge in [0.25, 0.3) is 0 Å². The number of benzene rings is 1. The minimum absolute atomic E-state index is 0.216. The number of hydrogen-bond donors (Lipinski definition) is 2. The van der Waals surface area contributed by atoms with Crippen LogP contribution in [-0.4, -0.2) is 10.1 Å². The van der Waals surface area contributed by atoms with Gasteiger partial charge in [-0.1, -0.05) is 24.3 Å². The maximum absolute atomic E-state index is 13.7. The molecule has 2 aromatic rings. The molecule has 3 N–H and O–H groups in total. The summed E-state index contributed by atoms with van der Waals surface area (Å²) >= 11 is 0. The molecule has 1 atom stereocenters. The third-order valence-corrected chi connectivity index (χ3v) is 2.91. The second-order valence-corrected chi connectivity index (χ2v) is 4.48. The molecule has 0 bridgehead atoms. The lowest BCUT2D eigenvalue weighted by molar-refractivity contribution is 0.0539. The molecule has 1 aromatic carbocycles. The van der Waals surface area contributed by atoms with Crippen molar-refractivity contribution in [2.45, 2.75) is 18.9 Å². The average molecular weight is 246 g/mol. The highest BCUT2D eigenvalue weighted by Gasteiger charge is 2.27. The lowest BCUT2D eigenvalue weighted by Crippen LogP contribution is -2.26. The SMILES string of the molecule is CC(O)(Cc1cccnc1N)c1ccccc1F. The lowest BCUT2D eigenvalue weighted by Gasteiger charge is -2.24. The summed E-state index contributed by atoms with van der Waals surface area (Å²) in [6.45, 7) is 1.57. The van der Waals surface area contributed by atoms with Gasteiger partial charge in [-0.2, -0.15) is 0 Å². The molecule has 0 saturated heterocycles. The number of halogens is 1. The normalized spacial score (nSPS) is 14.2. The van der Waals surface area contributed by atoms with Gasteiger partial charge in [-0.25, -0.2) is 9.37 Å². The van der Waals surface area contributed by atoms with Gasteiger partial charge in [-0.3, -0.25) is 0 Å². The van der Waals surface area contributed by atoms with E-state index in [0.717, 1.165) is 0 Å². The zero-order chi connectivity index (χ0) is 13.2. The fraction of sp³-hybridized carbons (Fsp3) is 0.214. The van der Waals surface area contributed by atoms with Gasteiger partial charge >= 0.3 is 0 Å². The Bertz CT molecular complexity index is 555. The second-order valence-electron chi connectivity index (χ2n) is 4.48. The van der Waals surface area contributed by atoms with Crippen LogP contribution in [0, 0.1) is 5.82 Å². The van der Waals surface area contributed by atoms with E-state index in [2.05, 4.69) is 4.98 Å². The van der Waals surface area contributed by atoms with E-state index in [0.29, 0.717) is 11.4 Å². The number of nitrogens with two attached hydrogens (primary N) is 1. The Balaban J connectivity index is 2.33. The third-order valence-electron chi connectivity index (χ3n) is 2.91. The van der Waals surface area contributed by atoms with Gasteiger partial charge in [0.2, 0.25) is 0 Å². The molecule has 1 heterocycles. The molecule has 1 aromatic heterocycles. The van der Waals surface area contributed by atoms with Crippen molar-refractivity contribution < 1.29 is 9.50 Å². The van der Waals surface area contributed by atoms with Crippen LogP contribution in [0.15, 0.2) is 42.6 Å². The van der Waals surface area contributed by atoms with Crippen molar-refractivity contribution in [1.29, 1.82) is 0 Å². The highest BCUT2D eigenvalue weighted by molar-refractivity contribution is 5.40. The predicted octanol–water partition coefficient (Wildman–Crippen LogP) is 2.25. The number of anilines is 1. The summed E-state index contributed by atoms with van der Waals surface area (Å²) in [6.07, 6.45) is 1.80. The zero-order valence-electron chi connectivity index (χ0n) is 10.1. The van der Waals surface area contributed by atoms with Crippen LogP contribution in [0.25, 0.3) is 0 Å². The zero-order valence-corrected chi connectivity index (χ0v) is 10.1. The Morgan fingerprint density at radius 2 is 2.00 bits per heavy atom. The number of aromatic nitrogens is 1. The Hall–Kier alpha value is -1.94. The molecule has 2 rings (SSSR count). The molecule has 0 aliphatic heterocycles. The number of aliphatic hydroxyl groups is 1. The number of rotatable bonds is 3. The summed E-state index contributed by atoms with van der Waals surface area (Å²) in [7, 11) is 0. The van der Waals surface area contributed by atoms with Crippen molar-refractivity contribution in [3.8, 4) is 0 Å². The Morgan fingerprint density at radius 3 is 2.67 bits per heavy atom. The van der Waals surface area contributed by atoms with Crippen molar-refractivity contribution in [3.63, 3.8) is 0 Å². The van der Waals surface area contributed by atoms with Crippen LogP contribution in [0.2, 0.25) is 0 Å². The van der Waals surface area contributed by atoms with Crippen molar-refractivity contribution in [1.82, 2.24) is 4.98 Å². The molecule has 0 aliphatic carbocycles. The largest absolute Gasteiger partial charge is 0.385 e. The first-order valence-corrected chi connectivity index (χ1v) is 5.67. The molecule has 1 unspecified atom stereocenters. The maximum atomic E-state index is 13.7. The lowest BCUT2D eigenvalue weighted by atomic mass is 9.89. The standard InChI is InChI=1S/C14H15FN2O/c1-14(18,11-6-2-3-7-12(11)15)9-10-5-4-8-17-13(10)16/h2-8,18H,9H2,1H3,(H2,16,17). The maximum Gasteiger partial charge on any atom is 0.129 e. The molecule has 18 heavy (non-hydrogen) atoms. The highest BCUT2D eigenvalue weighted by atomic mass is 19.1. The van der Waals surface area contributed by atoms with Gasteiger partial charge in [-0.15, -0.1) is 0 Å². The molecule has 0 radical (unpaired) electrons. The first kappa shape index (κ1) is 12.5. The summed E-state index contributed by atoms with van der Waals surface area (Å²) < 4.78 is 13.7. The first-order chi connectivity index (χ1) is 8.50. The fourth-order valence-corrected chi connectivity index (χ4v) is 1.96. The number of pyridine rings is 1. The van der Waals surface area contributed by atoms with Gasteiger partial charge in [-0.05, 0) is 24.6 Å². The van der Waals surface area contributed by atoms with E-state index in [1.165, 1.54) is 6.07 Å². The molecule has 0 amide bonds. The van der Waals surface area contributed by atoms with Gasteiger partial charge < -0.3 is 10.8 Å². The molecule has 0 aliphatic rings. The van der Waals surface area contributed by atoms with Gasteiger partial charge in [0.1, 0.15) is 11.6 Å². The Morgan fingerprint density at radius 1 is 1.28 bits per heavy atom. The molecule has 0 spiro atoms. The van der Waals surface area contributed by atoms with E-state index in [-0.39, 0.29) is 12.0 Å². The average Bonchev–Trinajstić information content (AvgIpc) is 2.32. The topological polar surface area (TPSA) is 59.1 Å². The van der Waals surface area contributed by atoms with E-state index in [1.54, 1.807) is 43.5 Å². The predicted molar refractivity (Wildman–Crippen MR) is 68.3 cm³/mol. The highest BCUT2D eigenvalue weighted by Crippen LogP contribution is 2.28. The third kappa shape index (κ3) is 2.49. The van der Waals surface area contributed by atoms with E-state index in [1.807, 2.05) is 0 Å². The van der Waals surface area contributed by atoms with Gasteiger partial charge in [0, 0.05) is 18.2 Å². The van der Waals surface area contributed by atoms with E-state index in [9.17, 15) is 9.50 Å². The van der Waals surface area contributed by atoms with Crippen LogP contribution < -0.4 is 5.73 Å². The molecule has 0 fully saturated rings. The summed E-state index contributed by atoms with van der Waals surface area (Å²) in [5.41, 5.74) is 5.37. The van der Waals surface area contributed by atoms with Crippen molar-refractivity contribution in [2.24, 2.45) is 0 Å². The van der Waals surface area contributed by atoms with E-state index >= 15 is 0 Å². The van der Waals surface area contributed by atoms with Crippen LogP contribution in [0.4, 0.5) is 10.2 Å². The van der Waals surface area contributed by atoms with Crippen LogP contribution in [-0.2, 0) is 12.0 Å². The minimum atomic E-state index is -1.32. The van der Waals surface area contributed by atoms with Crippen molar-refractivity contribution >= 4 is 5.82 Å². The molecular formula is C14H15FN2O. The summed E-state index contributed by atoms with van der Waals surface area (Å²) in [5, 5.41) is 10.4. The monoisotopic (exact) mass is 246 g/mol. The van der Waals surface area contributed by atoms with Gasteiger partial charge in [0.15, 0.2) is 0 Å². The van der Waals surface area contributed by atoms with Crippen LogP contribution in [0.3, 0.4) is 0 Å². The smallest absolute Gasteiger partial charge is 0.129 e. The molecule has 0 saturated carbocycles. The number of nitrogen functional groups attached to an aromatic ring is 1. The first-order valence-electron chi connectivity index (χ1n) is 5.67. The quantitative estimate of drug-likeness (QED) is 0.873. The number of nitrogens with zero attached hydrogens (tertiary/aromatic N) is 1. The van der Waals surface area contributed by atoms with E-state index in [4.69, 9.17) is 5.73 Å². The molecule has 94 valence electrons. The van der Waals surface area contributed by atoms with Crippen LogP contribution in [0.5, 0.6) is 0 Å². The summed E-state index contributed by atoms with van der Waals surface area (Å²) in [4.78, 5) is 3.95. The van der Waals surface area contributed by atoms with Crippen molar-refractivity contribution in [3.05, 3.63) is 59.5 Å².